The molecule has 1 aliphatic heterocycles. The second kappa shape index (κ2) is 12.6. The number of halogens is 3. The fraction of sp³-hybridized carbons (Fsp3) is 0.172. The molecule has 1 atom stereocenters. The number of rotatable bonds is 8. The maximum Gasteiger partial charge on any atom is 0.253 e. The largest absolute Gasteiger partial charge is 0.355 e. The minimum absolute atomic E-state index is 0.0840. The molecule has 11 nitrogen and oxygen atoms in total. The zero-order chi connectivity index (χ0) is 30.7. The van der Waals surface area contributed by atoms with Crippen LogP contribution < -0.4 is 15.5 Å². The van der Waals surface area contributed by atoms with Crippen molar-refractivity contribution < 1.29 is 23.6 Å². The summed E-state index contributed by atoms with van der Waals surface area (Å²) < 4.78 is 15.9. The highest BCUT2D eigenvalue weighted by Crippen LogP contribution is 2.30. The Morgan fingerprint density at radius 1 is 0.977 bits per heavy atom. The molecule has 1 unspecified atom stereocenters. The second-order valence-electron chi connectivity index (χ2n) is 9.59. The van der Waals surface area contributed by atoms with E-state index in [2.05, 4.69) is 20.9 Å². The van der Waals surface area contributed by atoms with Crippen molar-refractivity contribution >= 4 is 58.2 Å². The highest BCUT2D eigenvalue weighted by atomic mass is 35.5. The third kappa shape index (κ3) is 6.50. The molecule has 0 aliphatic carbocycles. The number of carbonyl (C=O) groups is 4. The molecule has 0 spiro atoms. The van der Waals surface area contributed by atoms with Gasteiger partial charge in [-0.25, -0.2) is 9.07 Å². The summed E-state index contributed by atoms with van der Waals surface area (Å²) >= 11 is 12.2. The van der Waals surface area contributed by atoms with Crippen LogP contribution in [0.5, 0.6) is 0 Å². The minimum Gasteiger partial charge on any atom is -0.355 e. The van der Waals surface area contributed by atoms with Crippen LogP contribution in [-0.2, 0) is 20.8 Å². The quantitative estimate of drug-likeness (QED) is 0.309. The Bertz CT molecular complexity index is 1720. The molecule has 1 fully saturated rings. The number of piperazine rings is 1. The molecule has 220 valence electrons. The second-order valence-corrected chi connectivity index (χ2v) is 10.4. The van der Waals surface area contributed by atoms with E-state index in [0.717, 1.165) is 11.6 Å². The van der Waals surface area contributed by atoms with Crippen LogP contribution in [0.1, 0.15) is 15.9 Å². The SMILES string of the molecule is CNC(=O)c1ccc(NC(=O)C(Cc2ccccc2)N2CC(=O)N(c3cc(Cl)ccc3-n3cc(Cl)nn3)CC2=O)cc1F. The van der Waals surface area contributed by atoms with Crippen LogP contribution in [0, 0.1) is 5.82 Å². The van der Waals surface area contributed by atoms with Crippen molar-refractivity contribution in [2.24, 2.45) is 0 Å². The molecule has 3 aromatic carbocycles. The van der Waals surface area contributed by atoms with E-state index in [1.54, 1.807) is 36.4 Å². The van der Waals surface area contributed by atoms with Gasteiger partial charge in [-0.15, -0.1) is 5.10 Å². The lowest BCUT2D eigenvalue weighted by Gasteiger charge is -2.38. The number of amides is 4. The zero-order valence-electron chi connectivity index (χ0n) is 22.6. The lowest BCUT2D eigenvalue weighted by Crippen LogP contribution is -2.60. The Balaban J connectivity index is 1.43. The molecule has 1 aromatic heterocycles. The highest BCUT2D eigenvalue weighted by molar-refractivity contribution is 6.31. The molecule has 0 bridgehead atoms. The van der Waals surface area contributed by atoms with Gasteiger partial charge in [0.1, 0.15) is 24.9 Å². The van der Waals surface area contributed by atoms with E-state index in [1.807, 2.05) is 6.07 Å². The first-order valence-electron chi connectivity index (χ1n) is 13.0. The summed E-state index contributed by atoms with van der Waals surface area (Å²) in [5, 5.41) is 13.1. The van der Waals surface area contributed by atoms with Gasteiger partial charge in [-0.05, 0) is 42.0 Å². The molecule has 1 aliphatic rings. The average molecular weight is 624 g/mol. The van der Waals surface area contributed by atoms with Crippen molar-refractivity contribution in [1.82, 2.24) is 25.2 Å². The highest BCUT2D eigenvalue weighted by Gasteiger charge is 2.39. The van der Waals surface area contributed by atoms with Crippen LogP contribution >= 0.6 is 23.2 Å². The molecule has 4 amide bonds. The monoisotopic (exact) mass is 623 g/mol. The molecular formula is C29H24Cl2FN7O4. The Kier molecular flexibility index (Phi) is 8.69. The molecular weight excluding hydrogens is 600 g/mol. The van der Waals surface area contributed by atoms with Crippen molar-refractivity contribution in [2.45, 2.75) is 12.5 Å². The van der Waals surface area contributed by atoms with E-state index in [4.69, 9.17) is 23.2 Å². The number of hydrogen-bond donors (Lipinski definition) is 2. The third-order valence-electron chi connectivity index (χ3n) is 6.82. The van der Waals surface area contributed by atoms with Gasteiger partial charge in [0.2, 0.25) is 17.7 Å². The lowest BCUT2D eigenvalue weighted by molar-refractivity contribution is -0.143. The first-order valence-corrected chi connectivity index (χ1v) is 13.7. The minimum atomic E-state index is -1.12. The van der Waals surface area contributed by atoms with Crippen LogP contribution in [-0.4, -0.2) is 69.7 Å². The molecule has 1 saturated heterocycles. The summed E-state index contributed by atoms with van der Waals surface area (Å²) in [4.78, 5) is 55.1. The molecule has 5 rings (SSSR count). The summed E-state index contributed by atoms with van der Waals surface area (Å²) in [5.74, 6) is -3.05. The van der Waals surface area contributed by atoms with E-state index in [9.17, 15) is 23.6 Å². The van der Waals surface area contributed by atoms with Crippen LogP contribution in [0.25, 0.3) is 5.69 Å². The molecule has 2 heterocycles. The van der Waals surface area contributed by atoms with Gasteiger partial charge in [-0.2, -0.15) is 0 Å². The van der Waals surface area contributed by atoms with Gasteiger partial charge in [0.05, 0.1) is 23.1 Å². The van der Waals surface area contributed by atoms with Crippen molar-refractivity contribution in [3.63, 3.8) is 0 Å². The van der Waals surface area contributed by atoms with Crippen LogP contribution in [0.15, 0.2) is 72.9 Å². The van der Waals surface area contributed by atoms with E-state index in [1.165, 1.54) is 45.9 Å². The summed E-state index contributed by atoms with van der Waals surface area (Å²) in [7, 11) is 1.38. The van der Waals surface area contributed by atoms with E-state index < -0.39 is 42.0 Å². The number of carbonyl (C=O) groups excluding carboxylic acids is 4. The maximum atomic E-state index is 14.6. The van der Waals surface area contributed by atoms with Gasteiger partial charge in [0.25, 0.3) is 5.91 Å². The Labute approximate surface area is 255 Å². The standard InChI is InChI=1S/C29H24Cl2FN7O4/c1-33-28(42)20-9-8-19(13-21(20)32)34-29(43)24(11-17-5-3-2-4-6-17)38-16-26(40)37(15-27(38)41)23-12-18(30)7-10-22(23)39-14-25(31)35-36-39/h2-10,12-14,24H,11,15-16H2,1H3,(H,33,42)(H,34,43). The van der Waals surface area contributed by atoms with E-state index >= 15 is 0 Å². The summed E-state index contributed by atoms with van der Waals surface area (Å²) in [6.45, 7) is -0.805. The molecule has 0 radical (unpaired) electrons. The number of aromatic nitrogens is 3. The van der Waals surface area contributed by atoms with Gasteiger partial charge in [0.15, 0.2) is 5.15 Å². The van der Waals surface area contributed by atoms with Gasteiger partial charge >= 0.3 is 0 Å². The Morgan fingerprint density at radius 3 is 2.42 bits per heavy atom. The summed E-state index contributed by atoms with van der Waals surface area (Å²) in [6, 6.07) is 16.3. The average Bonchev–Trinajstić information content (AvgIpc) is 3.43. The maximum absolute atomic E-state index is 14.6. The van der Waals surface area contributed by atoms with Crippen molar-refractivity contribution in [3.05, 3.63) is 100 Å². The van der Waals surface area contributed by atoms with E-state index in [0.29, 0.717) is 16.4 Å². The van der Waals surface area contributed by atoms with Gasteiger partial charge in [0, 0.05) is 24.2 Å². The summed E-state index contributed by atoms with van der Waals surface area (Å²) in [5.41, 5.74) is 1.36. The number of nitrogens with one attached hydrogen (secondary N) is 2. The van der Waals surface area contributed by atoms with Crippen LogP contribution in [0.3, 0.4) is 0 Å². The fourth-order valence-corrected chi connectivity index (χ4v) is 5.02. The van der Waals surface area contributed by atoms with E-state index in [-0.39, 0.29) is 29.4 Å². The van der Waals surface area contributed by atoms with Crippen molar-refractivity contribution in [1.29, 1.82) is 0 Å². The first-order chi connectivity index (χ1) is 20.6. The van der Waals surface area contributed by atoms with Gasteiger partial charge in [-0.1, -0.05) is 58.7 Å². The van der Waals surface area contributed by atoms with Gasteiger partial charge in [-0.3, -0.25) is 24.1 Å². The Morgan fingerprint density at radius 2 is 1.74 bits per heavy atom. The van der Waals surface area contributed by atoms with Crippen molar-refractivity contribution in [3.8, 4) is 5.69 Å². The lowest BCUT2D eigenvalue weighted by atomic mass is 10.0. The normalized spacial score (nSPS) is 14.0. The number of hydrogen-bond acceptors (Lipinski definition) is 6. The predicted molar refractivity (Wildman–Crippen MR) is 158 cm³/mol. The van der Waals surface area contributed by atoms with Crippen molar-refractivity contribution in [2.75, 3.05) is 30.4 Å². The number of nitrogens with zero attached hydrogens (tertiary/aromatic N) is 5. The predicted octanol–water partition coefficient (Wildman–Crippen LogP) is 3.50. The summed E-state index contributed by atoms with van der Waals surface area (Å²) in [6.07, 6.45) is 1.53. The smallest absolute Gasteiger partial charge is 0.253 e. The number of benzene rings is 3. The molecule has 0 saturated carbocycles. The Hall–Kier alpha value is -4.81. The van der Waals surface area contributed by atoms with Gasteiger partial charge < -0.3 is 15.5 Å². The first kappa shape index (κ1) is 29.7. The van der Waals surface area contributed by atoms with Crippen LogP contribution in [0.4, 0.5) is 15.8 Å². The van der Waals surface area contributed by atoms with Crippen LogP contribution in [0.2, 0.25) is 10.2 Å². The molecule has 14 heteroatoms. The molecule has 2 N–H and O–H groups in total. The third-order valence-corrected chi connectivity index (χ3v) is 7.23. The zero-order valence-corrected chi connectivity index (χ0v) is 24.1. The number of anilines is 2. The molecule has 4 aromatic rings. The topological polar surface area (TPSA) is 130 Å². The molecule has 43 heavy (non-hydrogen) atoms. The fourth-order valence-electron chi connectivity index (χ4n) is 4.72.